The van der Waals surface area contributed by atoms with E-state index in [1.807, 2.05) is 0 Å². The molecule has 4 nitrogen and oxygen atoms in total. The Morgan fingerprint density at radius 1 is 0.903 bits per heavy atom. The van der Waals surface area contributed by atoms with Crippen LogP contribution in [0.1, 0.15) is 17.0 Å². The predicted molar refractivity (Wildman–Crippen MR) is 128 cm³/mol. The number of para-hydroxylation sites is 1. The van der Waals surface area contributed by atoms with Crippen molar-refractivity contribution in [2.24, 2.45) is 7.05 Å². The van der Waals surface area contributed by atoms with Gasteiger partial charge in [0, 0.05) is 66.2 Å². The van der Waals surface area contributed by atoms with Gasteiger partial charge in [-0.3, -0.25) is 4.98 Å². The first-order valence-electron chi connectivity index (χ1n) is 10.9. The number of rotatable bonds is 2. The number of benzene rings is 2. The zero-order chi connectivity index (χ0) is 21.1. The van der Waals surface area contributed by atoms with Crippen LogP contribution in [0.4, 0.5) is 0 Å². The zero-order valence-corrected chi connectivity index (χ0v) is 18.3. The van der Waals surface area contributed by atoms with Crippen LogP contribution in [-0.4, -0.2) is 32.6 Å². The van der Waals surface area contributed by atoms with Crippen molar-refractivity contribution in [3.63, 3.8) is 0 Å². The van der Waals surface area contributed by atoms with E-state index in [1.165, 1.54) is 44.5 Å². The van der Waals surface area contributed by atoms with Gasteiger partial charge in [-0.25, -0.2) is 0 Å². The Labute approximate surface area is 182 Å². The quantitative estimate of drug-likeness (QED) is 0.388. The maximum atomic E-state index is 4.97. The SMILES string of the molecule is Cc1ccc2c(n1)c1c(n2-c2ccccc2-c2ccc3c(ccn3C)c2)CCN(C)C1. The molecular weight excluding hydrogens is 380 g/mol. The average molecular weight is 407 g/mol. The molecule has 0 bridgehead atoms. The highest BCUT2D eigenvalue weighted by Gasteiger charge is 2.25. The summed E-state index contributed by atoms with van der Waals surface area (Å²) in [6, 6.07) is 22.1. The van der Waals surface area contributed by atoms with Crippen molar-refractivity contribution in [3.05, 3.63) is 83.8 Å². The molecule has 0 saturated heterocycles. The third-order valence-electron chi connectivity index (χ3n) is 6.66. The largest absolute Gasteiger partial charge is 0.351 e. The second-order valence-corrected chi connectivity index (χ2v) is 8.79. The van der Waals surface area contributed by atoms with E-state index in [-0.39, 0.29) is 0 Å². The van der Waals surface area contributed by atoms with Gasteiger partial charge in [0.25, 0.3) is 0 Å². The lowest BCUT2D eigenvalue weighted by Crippen LogP contribution is -2.27. The van der Waals surface area contributed by atoms with E-state index < -0.39 is 0 Å². The molecule has 0 amide bonds. The number of nitrogens with zero attached hydrogens (tertiary/aromatic N) is 4. The van der Waals surface area contributed by atoms with E-state index in [4.69, 9.17) is 4.98 Å². The lowest BCUT2D eigenvalue weighted by molar-refractivity contribution is 0.311. The summed E-state index contributed by atoms with van der Waals surface area (Å²) in [6.07, 6.45) is 3.16. The van der Waals surface area contributed by atoms with Gasteiger partial charge in [0.05, 0.1) is 16.7 Å². The normalized spacial score (nSPS) is 14.4. The summed E-state index contributed by atoms with van der Waals surface area (Å²) < 4.78 is 4.64. The number of pyridine rings is 1. The van der Waals surface area contributed by atoms with Gasteiger partial charge >= 0.3 is 0 Å². The molecule has 0 atom stereocenters. The van der Waals surface area contributed by atoms with Crippen molar-refractivity contribution in [1.29, 1.82) is 0 Å². The van der Waals surface area contributed by atoms with Gasteiger partial charge in [-0.2, -0.15) is 0 Å². The molecule has 1 aliphatic heterocycles. The molecule has 4 heteroatoms. The van der Waals surface area contributed by atoms with Gasteiger partial charge in [0.1, 0.15) is 0 Å². The van der Waals surface area contributed by atoms with Crippen LogP contribution in [-0.2, 0) is 20.0 Å². The van der Waals surface area contributed by atoms with Crippen molar-refractivity contribution in [3.8, 4) is 16.8 Å². The molecule has 6 rings (SSSR count). The van der Waals surface area contributed by atoms with E-state index in [2.05, 4.69) is 102 Å². The van der Waals surface area contributed by atoms with Crippen LogP contribution in [0.3, 0.4) is 0 Å². The molecule has 3 aromatic heterocycles. The van der Waals surface area contributed by atoms with Crippen LogP contribution in [0.5, 0.6) is 0 Å². The summed E-state index contributed by atoms with van der Waals surface area (Å²) in [5.74, 6) is 0. The molecule has 31 heavy (non-hydrogen) atoms. The number of fused-ring (bicyclic) bond motifs is 4. The minimum absolute atomic E-state index is 0.952. The van der Waals surface area contributed by atoms with Crippen LogP contribution in [0, 0.1) is 6.92 Å². The average Bonchev–Trinajstić information content (AvgIpc) is 3.30. The number of aryl methyl sites for hydroxylation is 2. The highest BCUT2D eigenvalue weighted by Crippen LogP contribution is 2.37. The van der Waals surface area contributed by atoms with Crippen LogP contribution in [0.15, 0.2) is 66.9 Å². The Balaban J connectivity index is 1.63. The second kappa shape index (κ2) is 6.82. The number of aromatic nitrogens is 3. The maximum Gasteiger partial charge on any atom is 0.0935 e. The fraction of sp³-hybridized carbons (Fsp3) is 0.222. The van der Waals surface area contributed by atoms with Crippen molar-refractivity contribution in [2.45, 2.75) is 19.9 Å². The first-order chi connectivity index (χ1) is 15.1. The fourth-order valence-corrected chi connectivity index (χ4v) is 5.08. The number of likely N-dealkylation sites (N-methyl/N-ethyl adjacent to an activating group) is 1. The lowest BCUT2D eigenvalue weighted by Gasteiger charge is -2.24. The molecule has 5 aromatic rings. The smallest absolute Gasteiger partial charge is 0.0935 e. The summed E-state index contributed by atoms with van der Waals surface area (Å²) in [6.45, 7) is 4.10. The Kier molecular flexibility index (Phi) is 4.05. The van der Waals surface area contributed by atoms with E-state index in [1.54, 1.807) is 0 Å². The van der Waals surface area contributed by atoms with Crippen molar-refractivity contribution in [2.75, 3.05) is 13.6 Å². The monoisotopic (exact) mass is 406 g/mol. The summed E-state index contributed by atoms with van der Waals surface area (Å²) in [5, 5.41) is 1.27. The first kappa shape index (κ1) is 18.4. The standard InChI is InChI=1S/C27H26N4/c1-18-8-10-26-27(28-18)22-17-29(2)14-13-25(22)31(26)24-7-5-4-6-21(24)19-9-11-23-20(16-19)12-15-30(23)3/h4-12,15-16H,13-14,17H2,1-3H3. The van der Waals surface area contributed by atoms with E-state index in [0.717, 1.165) is 30.7 Å². The zero-order valence-electron chi connectivity index (χ0n) is 18.3. The predicted octanol–water partition coefficient (Wildman–Crippen LogP) is 5.48. The van der Waals surface area contributed by atoms with E-state index >= 15 is 0 Å². The summed E-state index contributed by atoms with van der Waals surface area (Å²) in [4.78, 5) is 7.36. The lowest BCUT2D eigenvalue weighted by atomic mass is 10.0. The molecule has 1 aliphatic rings. The minimum Gasteiger partial charge on any atom is -0.351 e. The van der Waals surface area contributed by atoms with E-state index in [9.17, 15) is 0 Å². The Bertz CT molecular complexity index is 1450. The van der Waals surface area contributed by atoms with E-state index in [0.29, 0.717) is 0 Å². The summed E-state index contributed by atoms with van der Waals surface area (Å²) in [7, 11) is 4.30. The Morgan fingerprint density at radius 3 is 2.65 bits per heavy atom. The molecule has 0 radical (unpaired) electrons. The molecule has 0 fully saturated rings. The molecule has 0 saturated carbocycles. The fourth-order valence-electron chi connectivity index (χ4n) is 5.08. The first-order valence-corrected chi connectivity index (χ1v) is 10.9. The van der Waals surface area contributed by atoms with Crippen LogP contribution < -0.4 is 0 Å². The van der Waals surface area contributed by atoms with Crippen molar-refractivity contribution in [1.82, 2.24) is 19.0 Å². The Hall–Kier alpha value is -3.37. The van der Waals surface area contributed by atoms with Gasteiger partial charge in [-0.1, -0.05) is 24.3 Å². The summed E-state index contributed by atoms with van der Waals surface area (Å²) in [5.41, 5.74) is 11.2. The van der Waals surface area contributed by atoms with Crippen molar-refractivity contribution < 1.29 is 0 Å². The van der Waals surface area contributed by atoms with Crippen LogP contribution >= 0.6 is 0 Å². The molecule has 0 N–H and O–H groups in total. The van der Waals surface area contributed by atoms with Gasteiger partial charge in [-0.05, 0) is 55.9 Å². The van der Waals surface area contributed by atoms with Gasteiger partial charge in [0.2, 0.25) is 0 Å². The maximum absolute atomic E-state index is 4.97. The molecule has 0 unspecified atom stereocenters. The third kappa shape index (κ3) is 2.82. The van der Waals surface area contributed by atoms with Crippen LogP contribution in [0.2, 0.25) is 0 Å². The Morgan fingerprint density at radius 2 is 1.74 bits per heavy atom. The highest BCUT2D eigenvalue weighted by molar-refractivity contribution is 5.90. The molecule has 0 aliphatic carbocycles. The van der Waals surface area contributed by atoms with Gasteiger partial charge < -0.3 is 14.0 Å². The molecule has 4 heterocycles. The van der Waals surface area contributed by atoms with Gasteiger partial charge in [0.15, 0.2) is 0 Å². The summed E-state index contributed by atoms with van der Waals surface area (Å²) >= 11 is 0. The molecule has 154 valence electrons. The molecular formula is C27H26N4. The topological polar surface area (TPSA) is 26.0 Å². The second-order valence-electron chi connectivity index (χ2n) is 8.79. The third-order valence-corrected chi connectivity index (χ3v) is 6.66. The number of hydrogen-bond acceptors (Lipinski definition) is 2. The van der Waals surface area contributed by atoms with Crippen molar-refractivity contribution >= 4 is 21.9 Å². The minimum atomic E-state index is 0.952. The molecule has 2 aromatic carbocycles. The molecule has 0 spiro atoms. The number of hydrogen-bond donors (Lipinski definition) is 0. The highest BCUT2D eigenvalue weighted by atomic mass is 15.1. The van der Waals surface area contributed by atoms with Crippen LogP contribution in [0.25, 0.3) is 38.8 Å². The van der Waals surface area contributed by atoms with Gasteiger partial charge in [-0.15, -0.1) is 0 Å².